The lowest BCUT2D eigenvalue weighted by Gasteiger charge is -2.10. The van der Waals surface area contributed by atoms with Gasteiger partial charge in [0.15, 0.2) is 0 Å². The van der Waals surface area contributed by atoms with Crippen molar-refractivity contribution in [2.75, 3.05) is 13.2 Å². The first-order chi connectivity index (χ1) is 10.6. The summed E-state index contributed by atoms with van der Waals surface area (Å²) in [5.74, 6) is -1.18. The molecular weight excluding hydrogens is 327 g/mol. The summed E-state index contributed by atoms with van der Waals surface area (Å²) in [4.78, 5) is 23.2. The molecule has 0 saturated carbocycles. The van der Waals surface area contributed by atoms with Crippen molar-refractivity contribution in [2.45, 2.75) is 37.4 Å². The molecule has 6 heteroatoms. The number of alkyl halides is 2. The van der Waals surface area contributed by atoms with Crippen LogP contribution in [0, 0.1) is 0 Å². The lowest BCUT2D eigenvalue weighted by Crippen LogP contribution is -2.16. The van der Waals surface area contributed by atoms with Crippen molar-refractivity contribution in [1.29, 1.82) is 0 Å². The van der Waals surface area contributed by atoms with E-state index in [4.69, 9.17) is 32.7 Å². The van der Waals surface area contributed by atoms with E-state index in [1.165, 1.54) is 12.1 Å². The van der Waals surface area contributed by atoms with Gasteiger partial charge in [0.25, 0.3) is 0 Å². The summed E-state index contributed by atoms with van der Waals surface area (Å²) >= 11 is 11.0. The monoisotopic (exact) mass is 346 g/mol. The van der Waals surface area contributed by atoms with E-state index in [9.17, 15) is 9.59 Å². The van der Waals surface area contributed by atoms with Crippen molar-refractivity contribution in [3.05, 3.63) is 35.4 Å². The normalized spacial score (nSPS) is 10.5. The zero-order valence-electron chi connectivity index (χ0n) is 12.5. The Hall–Kier alpha value is -1.26. The lowest BCUT2D eigenvalue weighted by atomic mass is 10.1. The highest BCUT2D eigenvalue weighted by Crippen LogP contribution is 2.13. The third-order valence-corrected chi connectivity index (χ3v) is 3.19. The summed E-state index contributed by atoms with van der Waals surface area (Å²) in [6.07, 6.45) is 4.05. The minimum Gasteiger partial charge on any atom is -0.462 e. The Balaban J connectivity index is 2.62. The third-order valence-electron chi connectivity index (χ3n) is 2.94. The molecular formula is C16H20Cl2O4. The SMILES string of the molecule is CCCCCCOC(=O)c1ccccc1C(=O)OCC(Cl)Cl. The standard InChI is InChI=1S/C16H20Cl2O4/c1-2-3-4-7-10-21-15(19)12-8-5-6-9-13(12)16(20)22-11-14(17)18/h5-6,8-9,14H,2-4,7,10-11H2,1H3. The molecule has 1 aromatic rings. The van der Waals surface area contributed by atoms with Gasteiger partial charge in [0.2, 0.25) is 0 Å². The Morgan fingerprint density at radius 1 is 1.00 bits per heavy atom. The molecule has 0 fully saturated rings. The fraction of sp³-hybridized carbons (Fsp3) is 0.500. The van der Waals surface area contributed by atoms with Crippen molar-refractivity contribution in [1.82, 2.24) is 0 Å². The number of halogens is 2. The van der Waals surface area contributed by atoms with Gasteiger partial charge in [-0.1, -0.05) is 38.3 Å². The first-order valence-electron chi connectivity index (χ1n) is 7.27. The topological polar surface area (TPSA) is 52.6 Å². The predicted molar refractivity (Wildman–Crippen MR) is 86.6 cm³/mol. The van der Waals surface area contributed by atoms with Gasteiger partial charge in [-0.25, -0.2) is 9.59 Å². The van der Waals surface area contributed by atoms with E-state index in [0.29, 0.717) is 6.61 Å². The second-order valence-electron chi connectivity index (χ2n) is 4.73. The summed E-state index contributed by atoms with van der Waals surface area (Å²) in [6.45, 7) is 2.32. The van der Waals surface area contributed by atoms with Gasteiger partial charge in [0, 0.05) is 0 Å². The zero-order chi connectivity index (χ0) is 16.4. The Bertz CT molecular complexity index is 489. The summed E-state index contributed by atoms with van der Waals surface area (Å²) in [5, 5.41) is 0. The molecule has 0 bridgehead atoms. The molecule has 4 nitrogen and oxygen atoms in total. The van der Waals surface area contributed by atoms with Crippen LogP contribution < -0.4 is 0 Å². The molecule has 0 aliphatic carbocycles. The van der Waals surface area contributed by atoms with Gasteiger partial charge in [0.1, 0.15) is 11.4 Å². The highest BCUT2D eigenvalue weighted by atomic mass is 35.5. The van der Waals surface area contributed by atoms with E-state index < -0.39 is 16.8 Å². The molecule has 122 valence electrons. The maximum absolute atomic E-state index is 12.1. The van der Waals surface area contributed by atoms with Crippen molar-refractivity contribution in [3.63, 3.8) is 0 Å². The van der Waals surface area contributed by atoms with E-state index in [0.717, 1.165) is 25.7 Å². The Kier molecular flexibility index (Phi) is 8.94. The van der Waals surface area contributed by atoms with Crippen LogP contribution in [0.5, 0.6) is 0 Å². The summed E-state index contributed by atoms with van der Waals surface area (Å²) < 4.78 is 10.1. The van der Waals surface area contributed by atoms with Gasteiger partial charge < -0.3 is 9.47 Å². The number of ether oxygens (including phenoxy) is 2. The highest BCUT2D eigenvalue weighted by molar-refractivity contribution is 6.44. The fourth-order valence-electron chi connectivity index (χ4n) is 1.83. The average Bonchev–Trinajstić information content (AvgIpc) is 2.52. The van der Waals surface area contributed by atoms with E-state index in [1.807, 2.05) is 0 Å². The lowest BCUT2D eigenvalue weighted by molar-refractivity contribution is 0.0461. The number of unbranched alkanes of at least 4 members (excludes halogenated alkanes) is 3. The molecule has 0 radical (unpaired) electrons. The van der Waals surface area contributed by atoms with E-state index in [-0.39, 0.29) is 17.7 Å². The van der Waals surface area contributed by atoms with Crippen molar-refractivity contribution < 1.29 is 19.1 Å². The van der Waals surface area contributed by atoms with E-state index in [2.05, 4.69) is 6.92 Å². The van der Waals surface area contributed by atoms with Crippen LogP contribution in [-0.2, 0) is 9.47 Å². The first kappa shape index (κ1) is 18.8. The Morgan fingerprint density at radius 3 is 2.14 bits per heavy atom. The Morgan fingerprint density at radius 2 is 1.59 bits per heavy atom. The summed E-state index contributed by atoms with van der Waals surface area (Å²) in [6, 6.07) is 6.35. The van der Waals surface area contributed by atoms with Gasteiger partial charge in [-0.15, -0.1) is 23.2 Å². The van der Waals surface area contributed by atoms with Crippen molar-refractivity contribution in [3.8, 4) is 0 Å². The molecule has 0 aliphatic heterocycles. The van der Waals surface area contributed by atoms with Crippen LogP contribution in [0.2, 0.25) is 0 Å². The maximum atomic E-state index is 12.1. The second kappa shape index (κ2) is 10.5. The van der Waals surface area contributed by atoms with Crippen LogP contribution in [0.3, 0.4) is 0 Å². The molecule has 0 saturated heterocycles. The molecule has 22 heavy (non-hydrogen) atoms. The summed E-state index contributed by atoms with van der Waals surface area (Å²) in [5.41, 5.74) is 0.332. The summed E-state index contributed by atoms with van der Waals surface area (Å²) in [7, 11) is 0. The number of benzene rings is 1. The van der Waals surface area contributed by atoms with E-state index in [1.54, 1.807) is 12.1 Å². The van der Waals surface area contributed by atoms with Gasteiger partial charge >= 0.3 is 11.9 Å². The van der Waals surface area contributed by atoms with Crippen LogP contribution in [0.25, 0.3) is 0 Å². The smallest absolute Gasteiger partial charge is 0.339 e. The van der Waals surface area contributed by atoms with E-state index >= 15 is 0 Å². The molecule has 0 spiro atoms. The van der Waals surface area contributed by atoms with Crippen molar-refractivity contribution >= 4 is 35.1 Å². The van der Waals surface area contributed by atoms with Gasteiger partial charge in [-0.2, -0.15) is 0 Å². The number of hydrogen-bond acceptors (Lipinski definition) is 4. The molecule has 0 N–H and O–H groups in total. The molecule has 0 aromatic heterocycles. The molecule has 0 heterocycles. The van der Waals surface area contributed by atoms with Crippen LogP contribution in [0.15, 0.2) is 24.3 Å². The Labute approximate surface area is 140 Å². The van der Waals surface area contributed by atoms with Crippen LogP contribution in [0.1, 0.15) is 53.3 Å². The maximum Gasteiger partial charge on any atom is 0.339 e. The quantitative estimate of drug-likeness (QED) is 0.378. The van der Waals surface area contributed by atoms with Gasteiger partial charge in [-0.05, 0) is 18.6 Å². The predicted octanol–water partition coefficient (Wildman–Crippen LogP) is 4.38. The fourth-order valence-corrected chi connectivity index (χ4v) is 1.95. The molecule has 0 atom stereocenters. The largest absolute Gasteiger partial charge is 0.462 e. The number of esters is 2. The minimum absolute atomic E-state index is 0.137. The number of rotatable bonds is 9. The molecule has 0 unspecified atom stereocenters. The van der Waals surface area contributed by atoms with Crippen LogP contribution in [-0.4, -0.2) is 30.0 Å². The first-order valence-corrected chi connectivity index (χ1v) is 8.15. The van der Waals surface area contributed by atoms with Crippen LogP contribution >= 0.6 is 23.2 Å². The number of hydrogen-bond donors (Lipinski definition) is 0. The van der Waals surface area contributed by atoms with Crippen molar-refractivity contribution in [2.24, 2.45) is 0 Å². The number of carbonyl (C=O) groups is 2. The molecule has 0 aliphatic rings. The third kappa shape index (κ3) is 6.67. The minimum atomic E-state index is -0.804. The second-order valence-corrected chi connectivity index (χ2v) is 6.01. The highest BCUT2D eigenvalue weighted by Gasteiger charge is 2.19. The molecule has 1 aromatic carbocycles. The zero-order valence-corrected chi connectivity index (χ0v) is 14.0. The van der Waals surface area contributed by atoms with Gasteiger partial charge in [0.05, 0.1) is 17.7 Å². The van der Waals surface area contributed by atoms with Crippen LogP contribution in [0.4, 0.5) is 0 Å². The molecule has 0 amide bonds. The van der Waals surface area contributed by atoms with Gasteiger partial charge in [-0.3, -0.25) is 0 Å². The average molecular weight is 347 g/mol. The molecule has 1 rings (SSSR count). The number of carbonyl (C=O) groups excluding carboxylic acids is 2.